The van der Waals surface area contributed by atoms with Crippen molar-refractivity contribution in [2.24, 2.45) is 0 Å². The number of aromatic nitrogens is 4. The van der Waals surface area contributed by atoms with E-state index in [1.165, 1.54) is 16.4 Å². The fraction of sp³-hybridized carbons (Fsp3) is 0.318. The van der Waals surface area contributed by atoms with E-state index < -0.39 is 5.25 Å². The number of rotatable bonds is 9. The van der Waals surface area contributed by atoms with E-state index in [-0.39, 0.29) is 12.3 Å². The van der Waals surface area contributed by atoms with E-state index >= 15 is 0 Å². The van der Waals surface area contributed by atoms with Crippen molar-refractivity contribution in [3.05, 3.63) is 48.0 Å². The van der Waals surface area contributed by atoms with Gasteiger partial charge in [0, 0.05) is 18.3 Å². The first-order chi connectivity index (χ1) is 15.5. The van der Waals surface area contributed by atoms with Crippen molar-refractivity contribution in [2.75, 3.05) is 25.7 Å². The molecule has 0 aliphatic heterocycles. The highest BCUT2D eigenvalue weighted by Crippen LogP contribution is 2.31. The van der Waals surface area contributed by atoms with E-state index in [0.717, 1.165) is 11.3 Å². The van der Waals surface area contributed by atoms with Crippen molar-refractivity contribution >= 4 is 23.4 Å². The molecular formula is C22H24N6O3S. The van der Waals surface area contributed by atoms with Gasteiger partial charge < -0.3 is 14.4 Å². The van der Waals surface area contributed by atoms with Crippen LogP contribution >= 0.6 is 11.8 Å². The molecule has 0 fully saturated rings. The van der Waals surface area contributed by atoms with Crippen LogP contribution in [0.4, 0.5) is 5.69 Å². The molecule has 0 aliphatic carbocycles. The van der Waals surface area contributed by atoms with E-state index in [9.17, 15) is 4.79 Å². The fourth-order valence-corrected chi connectivity index (χ4v) is 3.91. The Morgan fingerprint density at radius 1 is 1.22 bits per heavy atom. The molecule has 0 radical (unpaired) electrons. The zero-order chi connectivity index (χ0) is 23.1. The highest BCUT2D eigenvalue weighted by atomic mass is 32.2. The Morgan fingerprint density at radius 2 is 1.97 bits per heavy atom. The number of thioether (sulfide) groups is 1. The second kappa shape index (κ2) is 10.6. The number of amides is 1. The van der Waals surface area contributed by atoms with Crippen LogP contribution in [0.15, 0.2) is 47.6 Å². The molecule has 1 aromatic heterocycles. The van der Waals surface area contributed by atoms with Gasteiger partial charge in [0.2, 0.25) is 11.1 Å². The topological polar surface area (TPSA) is 106 Å². The number of carbonyl (C=O) groups is 1. The van der Waals surface area contributed by atoms with Crippen molar-refractivity contribution < 1.29 is 14.3 Å². The minimum absolute atomic E-state index is 0.138. The van der Waals surface area contributed by atoms with Gasteiger partial charge in [-0.25, -0.2) is 0 Å². The molecule has 0 N–H and O–H groups in total. The second-order valence-corrected chi connectivity index (χ2v) is 8.21. The summed E-state index contributed by atoms with van der Waals surface area (Å²) in [4.78, 5) is 14.9. The smallest absolute Gasteiger partial charge is 0.240 e. The number of hydrogen-bond acceptors (Lipinski definition) is 8. The monoisotopic (exact) mass is 452 g/mol. The number of benzene rings is 2. The molecule has 9 nitrogen and oxygen atoms in total. The quantitative estimate of drug-likeness (QED) is 0.455. The lowest BCUT2D eigenvalue weighted by molar-refractivity contribution is -0.117. The van der Waals surface area contributed by atoms with Crippen LogP contribution in [0.2, 0.25) is 0 Å². The van der Waals surface area contributed by atoms with Crippen LogP contribution in [0.25, 0.3) is 5.69 Å². The van der Waals surface area contributed by atoms with Crippen LogP contribution in [0, 0.1) is 18.3 Å². The van der Waals surface area contributed by atoms with Gasteiger partial charge in [-0.05, 0) is 48.5 Å². The molecule has 0 saturated carbocycles. The molecule has 1 atom stereocenters. The average Bonchev–Trinajstić information content (AvgIpc) is 3.27. The number of aryl methyl sites for hydroxylation is 1. The molecule has 1 amide bonds. The van der Waals surface area contributed by atoms with Crippen LogP contribution < -0.4 is 14.4 Å². The third-order valence-electron chi connectivity index (χ3n) is 4.74. The van der Waals surface area contributed by atoms with Crippen LogP contribution in [0.5, 0.6) is 11.5 Å². The third-order valence-corrected chi connectivity index (χ3v) is 5.76. The summed E-state index contributed by atoms with van der Waals surface area (Å²) in [6.45, 7) is 4.08. The van der Waals surface area contributed by atoms with Crippen LogP contribution in [0.1, 0.15) is 18.9 Å². The number of nitrogens with zero attached hydrogens (tertiary/aromatic N) is 6. The summed E-state index contributed by atoms with van der Waals surface area (Å²) in [5.41, 5.74) is 2.44. The van der Waals surface area contributed by atoms with E-state index in [0.29, 0.717) is 28.9 Å². The summed E-state index contributed by atoms with van der Waals surface area (Å²) in [6, 6.07) is 15.1. The van der Waals surface area contributed by atoms with Gasteiger partial charge in [0.05, 0.1) is 32.0 Å². The first-order valence-electron chi connectivity index (χ1n) is 9.91. The van der Waals surface area contributed by atoms with Crippen molar-refractivity contribution in [1.82, 2.24) is 20.2 Å². The lowest BCUT2D eigenvalue weighted by Crippen LogP contribution is -2.37. The van der Waals surface area contributed by atoms with Crippen molar-refractivity contribution in [3.8, 4) is 23.3 Å². The van der Waals surface area contributed by atoms with E-state index in [4.69, 9.17) is 14.7 Å². The Hall–Kier alpha value is -3.58. The Labute approximate surface area is 190 Å². The van der Waals surface area contributed by atoms with Gasteiger partial charge in [-0.1, -0.05) is 29.5 Å². The first-order valence-corrected chi connectivity index (χ1v) is 10.8. The van der Waals surface area contributed by atoms with Gasteiger partial charge in [0.1, 0.15) is 17.2 Å². The number of carbonyl (C=O) groups excluding carboxylic acids is 1. The Kier molecular flexibility index (Phi) is 7.68. The van der Waals surface area contributed by atoms with E-state index in [2.05, 4.69) is 21.6 Å². The molecule has 10 heteroatoms. The minimum Gasteiger partial charge on any atom is -0.497 e. The van der Waals surface area contributed by atoms with Gasteiger partial charge in [0.25, 0.3) is 0 Å². The standard InChI is InChI=1S/C22H24N6O3S/c1-15-6-8-17(9-7-15)27(13-5-12-23)21(29)16(2)32-22-24-25-26-28(22)19-14-18(30-3)10-11-20(19)31-4/h6-11,14,16H,5,13H2,1-4H3. The molecule has 1 heterocycles. The normalized spacial score (nSPS) is 11.5. The lowest BCUT2D eigenvalue weighted by Gasteiger charge is -2.25. The Bertz CT molecular complexity index is 1110. The summed E-state index contributed by atoms with van der Waals surface area (Å²) in [5, 5.41) is 20.9. The van der Waals surface area contributed by atoms with Crippen LogP contribution in [-0.2, 0) is 4.79 Å². The number of methoxy groups -OCH3 is 2. The number of anilines is 1. The second-order valence-electron chi connectivity index (χ2n) is 6.90. The summed E-state index contributed by atoms with van der Waals surface area (Å²) in [7, 11) is 3.13. The van der Waals surface area contributed by atoms with E-state index in [1.807, 2.05) is 31.2 Å². The zero-order valence-electron chi connectivity index (χ0n) is 18.3. The molecule has 0 aliphatic rings. The Balaban J connectivity index is 1.86. The summed E-state index contributed by atoms with van der Waals surface area (Å²) < 4.78 is 12.3. The number of tetrazole rings is 1. The molecule has 3 aromatic rings. The summed E-state index contributed by atoms with van der Waals surface area (Å²) >= 11 is 1.23. The molecule has 2 aromatic carbocycles. The zero-order valence-corrected chi connectivity index (χ0v) is 19.2. The maximum atomic E-state index is 13.3. The maximum Gasteiger partial charge on any atom is 0.240 e. The van der Waals surface area contributed by atoms with Crippen molar-refractivity contribution in [3.63, 3.8) is 0 Å². The number of hydrogen-bond donors (Lipinski definition) is 0. The summed E-state index contributed by atoms with van der Waals surface area (Å²) in [5.74, 6) is 1.05. The fourth-order valence-electron chi connectivity index (χ4n) is 3.05. The predicted octanol–water partition coefficient (Wildman–Crippen LogP) is 3.42. The highest BCUT2D eigenvalue weighted by Gasteiger charge is 2.26. The predicted molar refractivity (Wildman–Crippen MR) is 121 cm³/mol. The largest absolute Gasteiger partial charge is 0.497 e. The molecule has 1 unspecified atom stereocenters. The van der Waals surface area contributed by atoms with Gasteiger partial charge in [-0.2, -0.15) is 9.94 Å². The lowest BCUT2D eigenvalue weighted by atomic mass is 10.2. The van der Waals surface area contributed by atoms with Crippen LogP contribution in [0.3, 0.4) is 0 Å². The van der Waals surface area contributed by atoms with Gasteiger partial charge >= 0.3 is 0 Å². The van der Waals surface area contributed by atoms with E-state index in [1.54, 1.807) is 44.2 Å². The van der Waals surface area contributed by atoms with Gasteiger partial charge in [0.15, 0.2) is 0 Å². The average molecular weight is 453 g/mol. The SMILES string of the molecule is COc1ccc(OC)c(-n2nnnc2SC(C)C(=O)N(CCC#N)c2ccc(C)cc2)c1. The molecular weight excluding hydrogens is 428 g/mol. The van der Waals surface area contributed by atoms with Crippen molar-refractivity contribution in [2.45, 2.75) is 30.7 Å². The number of nitriles is 1. The molecule has 0 saturated heterocycles. The minimum atomic E-state index is -0.503. The van der Waals surface area contributed by atoms with Gasteiger partial charge in [-0.15, -0.1) is 5.10 Å². The maximum absolute atomic E-state index is 13.3. The number of ether oxygens (including phenoxy) is 2. The third kappa shape index (κ3) is 5.18. The van der Waals surface area contributed by atoms with Crippen LogP contribution in [-0.4, -0.2) is 52.1 Å². The highest BCUT2D eigenvalue weighted by molar-refractivity contribution is 8.00. The molecule has 0 bridgehead atoms. The molecule has 0 spiro atoms. The Morgan fingerprint density at radius 3 is 2.62 bits per heavy atom. The van der Waals surface area contributed by atoms with Gasteiger partial charge in [-0.3, -0.25) is 4.79 Å². The molecule has 3 rings (SSSR count). The first kappa shape index (κ1) is 23.1. The molecule has 166 valence electrons. The molecule has 32 heavy (non-hydrogen) atoms. The van der Waals surface area contributed by atoms with Crippen molar-refractivity contribution in [1.29, 1.82) is 5.26 Å². The summed E-state index contributed by atoms with van der Waals surface area (Å²) in [6.07, 6.45) is 0.232.